The summed E-state index contributed by atoms with van der Waals surface area (Å²) in [6.45, 7) is 3.52. The molecule has 0 fully saturated rings. The smallest absolute Gasteiger partial charge is 0.265 e. The zero-order valence-electron chi connectivity index (χ0n) is 14.1. The lowest BCUT2D eigenvalue weighted by atomic mass is 10.1. The Hall–Kier alpha value is -3.09. The van der Waals surface area contributed by atoms with Crippen molar-refractivity contribution in [3.8, 4) is 5.75 Å². The van der Waals surface area contributed by atoms with E-state index < -0.39 is 0 Å². The van der Waals surface area contributed by atoms with Gasteiger partial charge in [-0.1, -0.05) is 12.1 Å². The van der Waals surface area contributed by atoms with Gasteiger partial charge in [-0.25, -0.2) is 0 Å². The average molecular weight is 341 g/mol. The van der Waals surface area contributed by atoms with E-state index in [1.165, 1.54) is 4.90 Å². The molecule has 0 bridgehead atoms. The standard InChI is InChI=1S/C18H19N3O4/c1-11-7-12(2)20-18(24)13(11)8-19-16(22)9-21-14-5-3-4-6-15(14)25-10-17(21)23/h3-7H,8-10H2,1-2H3,(H,19,22)(H,20,24). The average Bonchev–Trinajstić information content (AvgIpc) is 2.56. The number of aromatic nitrogens is 1. The number of hydrogen-bond donors (Lipinski definition) is 2. The maximum Gasteiger partial charge on any atom is 0.265 e. The van der Waals surface area contributed by atoms with E-state index in [1.807, 2.05) is 13.0 Å². The molecule has 7 heteroatoms. The predicted octanol–water partition coefficient (Wildman–Crippen LogP) is 1.03. The van der Waals surface area contributed by atoms with Gasteiger partial charge in [-0.2, -0.15) is 0 Å². The number of benzene rings is 1. The van der Waals surface area contributed by atoms with Crippen LogP contribution in [0.4, 0.5) is 5.69 Å². The number of rotatable bonds is 4. The summed E-state index contributed by atoms with van der Waals surface area (Å²) in [4.78, 5) is 40.4. The lowest BCUT2D eigenvalue weighted by Crippen LogP contribution is -2.45. The highest BCUT2D eigenvalue weighted by molar-refractivity contribution is 6.02. The van der Waals surface area contributed by atoms with E-state index in [0.29, 0.717) is 17.0 Å². The monoisotopic (exact) mass is 341 g/mol. The molecule has 0 saturated heterocycles. The van der Waals surface area contributed by atoms with Crippen molar-refractivity contribution in [2.75, 3.05) is 18.1 Å². The molecule has 2 aromatic rings. The van der Waals surface area contributed by atoms with Crippen LogP contribution in [-0.4, -0.2) is 29.9 Å². The third kappa shape index (κ3) is 3.55. The van der Waals surface area contributed by atoms with Crippen molar-refractivity contribution >= 4 is 17.5 Å². The molecular formula is C18H19N3O4. The molecule has 0 atom stereocenters. The van der Waals surface area contributed by atoms with Crippen molar-refractivity contribution in [1.82, 2.24) is 10.3 Å². The van der Waals surface area contributed by atoms with E-state index in [2.05, 4.69) is 10.3 Å². The Morgan fingerprint density at radius 3 is 2.80 bits per heavy atom. The molecule has 2 amide bonds. The highest BCUT2D eigenvalue weighted by Gasteiger charge is 2.26. The van der Waals surface area contributed by atoms with Crippen molar-refractivity contribution in [2.45, 2.75) is 20.4 Å². The summed E-state index contributed by atoms with van der Waals surface area (Å²) in [5.41, 5.74) is 2.44. The molecule has 2 N–H and O–H groups in total. The van der Waals surface area contributed by atoms with Gasteiger partial charge in [-0.05, 0) is 37.6 Å². The number of nitrogens with zero attached hydrogens (tertiary/aromatic N) is 1. The number of H-pyrrole nitrogens is 1. The van der Waals surface area contributed by atoms with Crippen LogP contribution in [-0.2, 0) is 16.1 Å². The Balaban J connectivity index is 1.70. The van der Waals surface area contributed by atoms with Crippen LogP contribution in [0.1, 0.15) is 16.8 Å². The first kappa shape index (κ1) is 16.8. The first-order valence-electron chi connectivity index (χ1n) is 7.94. The first-order valence-corrected chi connectivity index (χ1v) is 7.94. The maximum absolute atomic E-state index is 12.3. The Labute approximate surface area is 144 Å². The largest absolute Gasteiger partial charge is 0.482 e. The van der Waals surface area contributed by atoms with Gasteiger partial charge in [0.25, 0.3) is 11.5 Å². The molecule has 25 heavy (non-hydrogen) atoms. The molecule has 0 radical (unpaired) electrons. The summed E-state index contributed by atoms with van der Waals surface area (Å²) in [6.07, 6.45) is 0. The highest BCUT2D eigenvalue weighted by atomic mass is 16.5. The lowest BCUT2D eigenvalue weighted by molar-refractivity contribution is -0.125. The number of hydrogen-bond acceptors (Lipinski definition) is 4. The minimum Gasteiger partial charge on any atom is -0.482 e. The van der Waals surface area contributed by atoms with Crippen LogP contribution in [0.5, 0.6) is 5.75 Å². The topological polar surface area (TPSA) is 91.5 Å². The summed E-state index contributed by atoms with van der Waals surface area (Å²) >= 11 is 0. The molecule has 1 aliphatic heterocycles. The summed E-state index contributed by atoms with van der Waals surface area (Å²) in [5.74, 6) is -0.0524. The number of para-hydroxylation sites is 2. The number of aryl methyl sites for hydroxylation is 2. The number of amides is 2. The van der Waals surface area contributed by atoms with Gasteiger partial charge in [-0.3, -0.25) is 19.3 Å². The quantitative estimate of drug-likeness (QED) is 0.869. The van der Waals surface area contributed by atoms with Crippen LogP contribution in [0.25, 0.3) is 0 Å². The maximum atomic E-state index is 12.3. The third-order valence-corrected chi connectivity index (χ3v) is 4.07. The summed E-state index contributed by atoms with van der Waals surface area (Å²) in [6, 6.07) is 8.92. The van der Waals surface area contributed by atoms with Crippen LogP contribution in [0.3, 0.4) is 0 Å². The molecule has 0 spiro atoms. The second-order valence-electron chi connectivity index (χ2n) is 5.96. The van der Waals surface area contributed by atoms with Gasteiger partial charge in [0, 0.05) is 17.8 Å². The Morgan fingerprint density at radius 2 is 2.04 bits per heavy atom. The Bertz CT molecular complexity index is 888. The molecule has 7 nitrogen and oxygen atoms in total. The molecule has 130 valence electrons. The fourth-order valence-corrected chi connectivity index (χ4v) is 2.82. The Morgan fingerprint density at radius 1 is 1.28 bits per heavy atom. The van der Waals surface area contributed by atoms with Crippen LogP contribution in [0.2, 0.25) is 0 Å². The molecule has 0 unspecified atom stereocenters. The third-order valence-electron chi connectivity index (χ3n) is 4.07. The zero-order valence-corrected chi connectivity index (χ0v) is 14.1. The first-order chi connectivity index (χ1) is 12.0. The molecule has 2 heterocycles. The van der Waals surface area contributed by atoms with E-state index in [1.54, 1.807) is 31.2 Å². The minimum atomic E-state index is -0.343. The number of carbonyl (C=O) groups is 2. The van der Waals surface area contributed by atoms with Gasteiger partial charge >= 0.3 is 0 Å². The second kappa shape index (κ2) is 6.80. The fourth-order valence-electron chi connectivity index (χ4n) is 2.82. The predicted molar refractivity (Wildman–Crippen MR) is 92.7 cm³/mol. The molecule has 3 rings (SSSR count). The summed E-state index contributed by atoms with van der Waals surface area (Å²) in [5, 5.41) is 2.71. The summed E-state index contributed by atoms with van der Waals surface area (Å²) in [7, 11) is 0. The molecule has 0 aliphatic carbocycles. The second-order valence-corrected chi connectivity index (χ2v) is 5.96. The van der Waals surface area contributed by atoms with E-state index in [-0.39, 0.29) is 37.1 Å². The summed E-state index contributed by atoms with van der Waals surface area (Å²) < 4.78 is 5.35. The number of fused-ring (bicyclic) bond motifs is 1. The number of nitrogens with one attached hydrogen (secondary N) is 2. The number of anilines is 1. The molecule has 1 aromatic heterocycles. The van der Waals surface area contributed by atoms with Crippen molar-refractivity contribution in [2.24, 2.45) is 0 Å². The number of pyridine rings is 1. The zero-order chi connectivity index (χ0) is 18.0. The van der Waals surface area contributed by atoms with Crippen LogP contribution in [0.15, 0.2) is 35.1 Å². The van der Waals surface area contributed by atoms with Gasteiger partial charge in [0.2, 0.25) is 5.91 Å². The van der Waals surface area contributed by atoms with Crippen molar-refractivity contribution in [1.29, 1.82) is 0 Å². The van der Waals surface area contributed by atoms with Crippen LogP contribution >= 0.6 is 0 Å². The van der Waals surface area contributed by atoms with Crippen molar-refractivity contribution in [3.05, 3.63) is 57.5 Å². The fraction of sp³-hybridized carbons (Fsp3) is 0.278. The van der Waals surface area contributed by atoms with Crippen molar-refractivity contribution < 1.29 is 14.3 Å². The van der Waals surface area contributed by atoms with Gasteiger partial charge in [-0.15, -0.1) is 0 Å². The Kier molecular flexibility index (Phi) is 4.56. The number of ether oxygens (including phenoxy) is 1. The molecule has 1 aromatic carbocycles. The van der Waals surface area contributed by atoms with Gasteiger partial charge in [0.05, 0.1) is 5.69 Å². The van der Waals surface area contributed by atoms with E-state index in [4.69, 9.17) is 4.74 Å². The number of carbonyl (C=O) groups excluding carboxylic acids is 2. The van der Waals surface area contributed by atoms with Crippen molar-refractivity contribution in [3.63, 3.8) is 0 Å². The molecular weight excluding hydrogens is 322 g/mol. The van der Waals surface area contributed by atoms with Gasteiger partial charge in [0.1, 0.15) is 12.3 Å². The van der Waals surface area contributed by atoms with E-state index >= 15 is 0 Å². The molecule has 1 aliphatic rings. The normalized spacial score (nSPS) is 13.2. The van der Waals surface area contributed by atoms with Crippen LogP contribution < -0.4 is 20.5 Å². The van der Waals surface area contributed by atoms with E-state index in [0.717, 1.165) is 11.3 Å². The van der Waals surface area contributed by atoms with Gasteiger partial charge in [0.15, 0.2) is 6.61 Å². The highest BCUT2D eigenvalue weighted by Crippen LogP contribution is 2.31. The minimum absolute atomic E-state index is 0.0962. The number of aromatic amines is 1. The van der Waals surface area contributed by atoms with Crippen LogP contribution in [0, 0.1) is 13.8 Å². The van der Waals surface area contributed by atoms with Gasteiger partial charge < -0.3 is 15.0 Å². The SMILES string of the molecule is Cc1cc(C)c(CNC(=O)CN2C(=O)COc3ccccc32)c(=O)[nH]1. The lowest BCUT2D eigenvalue weighted by Gasteiger charge is -2.28. The van der Waals surface area contributed by atoms with E-state index in [9.17, 15) is 14.4 Å². The molecule has 0 saturated carbocycles.